The predicted octanol–water partition coefficient (Wildman–Crippen LogP) is 3.34. The average Bonchev–Trinajstić information content (AvgIpc) is 2.61. The molecule has 0 aliphatic heterocycles. The van der Waals surface area contributed by atoms with Crippen molar-refractivity contribution in [3.05, 3.63) is 22.2 Å². The number of halogens is 1. The molecular weight excluding hydrogens is 340 g/mol. The van der Waals surface area contributed by atoms with Gasteiger partial charge in [0.25, 0.3) is 0 Å². The van der Waals surface area contributed by atoms with Crippen molar-refractivity contribution in [2.24, 2.45) is 0 Å². The molecule has 0 amide bonds. The van der Waals surface area contributed by atoms with E-state index in [9.17, 15) is 8.42 Å². The largest absolute Gasteiger partial charge is 0.398 e. The molecule has 0 atom stereocenters. The Morgan fingerprint density at radius 3 is 2.40 bits per heavy atom. The Bertz CT molecular complexity index is 579. The third kappa shape index (κ3) is 3.74. The normalized spacial score (nSPS) is 17.9. The number of sulfonamides is 1. The number of hydrogen-bond donors (Lipinski definition) is 2. The van der Waals surface area contributed by atoms with Crippen molar-refractivity contribution in [2.75, 3.05) is 5.73 Å². The molecule has 0 aromatic heterocycles. The summed E-state index contributed by atoms with van der Waals surface area (Å²) in [6.45, 7) is 1.74. The molecule has 112 valence electrons. The lowest BCUT2D eigenvalue weighted by Gasteiger charge is -2.18. The Hall–Kier alpha value is -0.590. The van der Waals surface area contributed by atoms with Gasteiger partial charge in [-0.05, 0) is 37.5 Å². The van der Waals surface area contributed by atoms with E-state index in [1.807, 2.05) is 0 Å². The van der Waals surface area contributed by atoms with Gasteiger partial charge in [-0.25, -0.2) is 13.1 Å². The highest BCUT2D eigenvalue weighted by molar-refractivity contribution is 9.10. The third-order valence-corrected chi connectivity index (χ3v) is 5.94. The topological polar surface area (TPSA) is 72.2 Å². The van der Waals surface area contributed by atoms with Crippen LogP contribution in [-0.2, 0) is 10.0 Å². The van der Waals surface area contributed by atoms with E-state index in [4.69, 9.17) is 5.73 Å². The Labute approximate surface area is 129 Å². The van der Waals surface area contributed by atoms with E-state index in [0.29, 0.717) is 15.7 Å². The minimum Gasteiger partial charge on any atom is -0.398 e. The van der Waals surface area contributed by atoms with Crippen molar-refractivity contribution in [3.63, 3.8) is 0 Å². The zero-order valence-corrected chi connectivity index (χ0v) is 14.1. The SMILES string of the molecule is Cc1c(N)cc(Br)cc1S(=O)(=O)NC1CCCCCC1. The molecule has 20 heavy (non-hydrogen) atoms. The molecule has 3 N–H and O–H groups in total. The van der Waals surface area contributed by atoms with Crippen LogP contribution in [-0.4, -0.2) is 14.5 Å². The summed E-state index contributed by atoms with van der Waals surface area (Å²) in [5.41, 5.74) is 6.95. The van der Waals surface area contributed by atoms with Gasteiger partial charge in [0.1, 0.15) is 0 Å². The molecule has 1 saturated carbocycles. The van der Waals surface area contributed by atoms with Gasteiger partial charge < -0.3 is 5.73 Å². The first kappa shape index (κ1) is 15.8. The van der Waals surface area contributed by atoms with Crippen molar-refractivity contribution in [2.45, 2.75) is 56.4 Å². The molecular formula is C14H21BrN2O2S. The number of nitrogen functional groups attached to an aromatic ring is 1. The standard InChI is InChI=1S/C14H21BrN2O2S/c1-10-13(16)8-11(15)9-14(10)20(18,19)17-12-6-4-2-3-5-7-12/h8-9,12,17H,2-7,16H2,1H3. The van der Waals surface area contributed by atoms with Crippen LogP contribution in [0.4, 0.5) is 5.69 Å². The Morgan fingerprint density at radius 2 is 1.80 bits per heavy atom. The van der Waals surface area contributed by atoms with Crippen molar-refractivity contribution >= 4 is 31.6 Å². The van der Waals surface area contributed by atoms with Crippen LogP contribution < -0.4 is 10.5 Å². The molecule has 0 unspecified atom stereocenters. The highest BCUT2D eigenvalue weighted by Gasteiger charge is 2.23. The summed E-state index contributed by atoms with van der Waals surface area (Å²) in [6, 6.07) is 3.38. The second kappa shape index (κ2) is 6.45. The Morgan fingerprint density at radius 1 is 1.20 bits per heavy atom. The molecule has 6 heteroatoms. The maximum Gasteiger partial charge on any atom is 0.241 e. The van der Waals surface area contributed by atoms with Crippen LogP contribution in [0.3, 0.4) is 0 Å². The molecule has 4 nitrogen and oxygen atoms in total. The van der Waals surface area contributed by atoms with E-state index < -0.39 is 10.0 Å². The summed E-state index contributed by atoms with van der Waals surface area (Å²) in [7, 11) is -3.51. The van der Waals surface area contributed by atoms with Gasteiger partial charge in [0.15, 0.2) is 0 Å². The van der Waals surface area contributed by atoms with Crippen molar-refractivity contribution in [3.8, 4) is 0 Å². The molecule has 1 aliphatic carbocycles. The first-order valence-corrected chi connectivity index (χ1v) is 9.26. The van der Waals surface area contributed by atoms with Crippen LogP contribution in [0.2, 0.25) is 0 Å². The van der Waals surface area contributed by atoms with Crippen LogP contribution in [0, 0.1) is 6.92 Å². The maximum absolute atomic E-state index is 12.6. The molecule has 0 heterocycles. The first-order valence-electron chi connectivity index (χ1n) is 6.98. The Balaban J connectivity index is 2.26. The van der Waals surface area contributed by atoms with Crippen molar-refractivity contribution < 1.29 is 8.42 Å². The minimum atomic E-state index is -3.51. The summed E-state index contributed by atoms with van der Waals surface area (Å²) in [5, 5.41) is 0. The van der Waals surface area contributed by atoms with Gasteiger partial charge in [-0.3, -0.25) is 0 Å². The quantitative estimate of drug-likeness (QED) is 0.641. The highest BCUT2D eigenvalue weighted by Crippen LogP contribution is 2.27. The highest BCUT2D eigenvalue weighted by atomic mass is 79.9. The zero-order valence-electron chi connectivity index (χ0n) is 11.7. The zero-order chi connectivity index (χ0) is 14.8. The smallest absolute Gasteiger partial charge is 0.241 e. The van der Waals surface area contributed by atoms with Crippen molar-refractivity contribution in [1.82, 2.24) is 4.72 Å². The third-order valence-electron chi connectivity index (χ3n) is 3.83. The summed E-state index contributed by atoms with van der Waals surface area (Å²) in [6.07, 6.45) is 6.41. The first-order chi connectivity index (χ1) is 9.40. The van der Waals surface area contributed by atoms with Crippen LogP contribution in [0.15, 0.2) is 21.5 Å². The molecule has 0 spiro atoms. The van der Waals surface area contributed by atoms with E-state index in [2.05, 4.69) is 20.7 Å². The van der Waals surface area contributed by atoms with E-state index in [1.54, 1.807) is 19.1 Å². The van der Waals surface area contributed by atoms with E-state index in [-0.39, 0.29) is 10.9 Å². The fourth-order valence-electron chi connectivity index (χ4n) is 2.63. The van der Waals surface area contributed by atoms with Gasteiger partial charge in [0.2, 0.25) is 10.0 Å². The number of anilines is 1. The molecule has 1 aromatic rings. The van der Waals surface area contributed by atoms with E-state index in [1.165, 1.54) is 12.8 Å². The molecule has 1 aliphatic rings. The summed E-state index contributed by atoms with van der Waals surface area (Å²) >= 11 is 3.31. The van der Waals surface area contributed by atoms with Crippen LogP contribution in [0.1, 0.15) is 44.1 Å². The van der Waals surface area contributed by atoms with Gasteiger partial charge in [-0.1, -0.05) is 41.6 Å². The number of hydrogen-bond acceptors (Lipinski definition) is 3. The number of benzene rings is 1. The molecule has 1 aromatic carbocycles. The van der Waals surface area contributed by atoms with Crippen LogP contribution in [0.5, 0.6) is 0 Å². The Kier molecular flexibility index (Phi) is 5.09. The van der Waals surface area contributed by atoms with Gasteiger partial charge >= 0.3 is 0 Å². The molecule has 0 saturated heterocycles. The number of nitrogens with two attached hydrogens (primary N) is 1. The monoisotopic (exact) mass is 360 g/mol. The van der Waals surface area contributed by atoms with Crippen LogP contribution in [0.25, 0.3) is 0 Å². The second-order valence-corrected chi connectivity index (χ2v) is 8.03. The molecule has 2 rings (SSSR count). The number of rotatable bonds is 3. The van der Waals surface area contributed by atoms with Gasteiger partial charge in [0.05, 0.1) is 4.90 Å². The van der Waals surface area contributed by atoms with Gasteiger partial charge in [0, 0.05) is 16.2 Å². The second-order valence-electron chi connectivity index (χ2n) is 5.43. The average molecular weight is 361 g/mol. The van der Waals surface area contributed by atoms with E-state index in [0.717, 1.165) is 25.7 Å². The minimum absolute atomic E-state index is 0.0436. The van der Waals surface area contributed by atoms with Crippen molar-refractivity contribution in [1.29, 1.82) is 0 Å². The van der Waals surface area contributed by atoms with E-state index >= 15 is 0 Å². The lowest BCUT2D eigenvalue weighted by atomic mass is 10.1. The van der Waals surface area contributed by atoms with Crippen LogP contribution >= 0.6 is 15.9 Å². The predicted molar refractivity (Wildman–Crippen MR) is 85.1 cm³/mol. The summed E-state index contributed by atoms with van der Waals surface area (Å²) in [5.74, 6) is 0. The fourth-order valence-corrected chi connectivity index (χ4v) is 4.87. The summed E-state index contributed by atoms with van der Waals surface area (Å²) < 4.78 is 28.6. The fraction of sp³-hybridized carbons (Fsp3) is 0.571. The maximum atomic E-state index is 12.6. The molecule has 0 radical (unpaired) electrons. The summed E-state index contributed by atoms with van der Waals surface area (Å²) in [4.78, 5) is 0.272. The molecule has 0 bridgehead atoms. The lowest BCUT2D eigenvalue weighted by Crippen LogP contribution is -2.34. The van der Waals surface area contributed by atoms with Gasteiger partial charge in [-0.15, -0.1) is 0 Å². The number of nitrogens with one attached hydrogen (secondary N) is 1. The molecule has 1 fully saturated rings. The van der Waals surface area contributed by atoms with Gasteiger partial charge in [-0.2, -0.15) is 0 Å². The lowest BCUT2D eigenvalue weighted by molar-refractivity contribution is 0.509.